The minimum Gasteiger partial charge on any atom is -0.381 e. The van der Waals surface area contributed by atoms with Crippen LogP contribution >= 0.6 is 0 Å². The second kappa shape index (κ2) is 4.93. The minimum atomic E-state index is -0.167. The number of benzene rings is 1. The van der Waals surface area contributed by atoms with Gasteiger partial charge < -0.3 is 10.1 Å². The fourth-order valence-corrected chi connectivity index (χ4v) is 2.41. The predicted molar refractivity (Wildman–Crippen MR) is 61.9 cm³/mol. The highest BCUT2D eigenvalue weighted by Crippen LogP contribution is 2.30. The molecular weight excluding hydrogens is 205 g/mol. The molecule has 3 heteroatoms. The van der Waals surface area contributed by atoms with Gasteiger partial charge in [-0.15, -0.1) is 0 Å². The van der Waals surface area contributed by atoms with E-state index in [0.717, 1.165) is 30.8 Å². The molecule has 1 saturated heterocycles. The lowest BCUT2D eigenvalue weighted by Gasteiger charge is -2.24. The third-order valence-corrected chi connectivity index (χ3v) is 3.32. The number of halogens is 1. The Hall–Kier alpha value is -0.930. The predicted octanol–water partition coefficient (Wildman–Crippen LogP) is 2.43. The van der Waals surface area contributed by atoms with E-state index in [-0.39, 0.29) is 11.9 Å². The van der Waals surface area contributed by atoms with Crippen molar-refractivity contribution in [2.24, 2.45) is 5.92 Å². The molecule has 0 spiro atoms. The molecule has 0 bridgehead atoms. The first kappa shape index (κ1) is 11.6. The zero-order chi connectivity index (χ0) is 11.5. The number of nitrogens with one attached hydrogen (secondary N) is 1. The summed E-state index contributed by atoms with van der Waals surface area (Å²) in [5.41, 5.74) is 2.19. The van der Waals surface area contributed by atoms with Crippen LogP contribution in [0.15, 0.2) is 18.2 Å². The van der Waals surface area contributed by atoms with Crippen molar-refractivity contribution in [3.63, 3.8) is 0 Å². The van der Waals surface area contributed by atoms with Crippen molar-refractivity contribution in [3.8, 4) is 0 Å². The third kappa shape index (κ3) is 2.25. The lowest BCUT2D eigenvalue weighted by molar-refractivity contribution is 0.177. The molecule has 0 amide bonds. The first-order chi connectivity index (χ1) is 7.72. The number of ether oxygens (including phenoxy) is 1. The fraction of sp³-hybridized carbons (Fsp3) is 0.538. The second-order valence-electron chi connectivity index (χ2n) is 4.39. The Morgan fingerprint density at radius 3 is 2.94 bits per heavy atom. The molecule has 16 heavy (non-hydrogen) atoms. The van der Waals surface area contributed by atoms with Crippen molar-refractivity contribution in [2.45, 2.75) is 19.4 Å². The Kier molecular flexibility index (Phi) is 3.56. The Bertz CT molecular complexity index is 361. The smallest absolute Gasteiger partial charge is 0.123 e. The molecule has 2 rings (SSSR count). The largest absolute Gasteiger partial charge is 0.381 e. The van der Waals surface area contributed by atoms with E-state index < -0.39 is 0 Å². The summed E-state index contributed by atoms with van der Waals surface area (Å²) in [5.74, 6) is 0.283. The highest BCUT2D eigenvalue weighted by atomic mass is 19.1. The normalized spacial score (nSPS) is 22.3. The molecule has 1 aromatic carbocycles. The van der Waals surface area contributed by atoms with Gasteiger partial charge in [-0.2, -0.15) is 0 Å². The number of aryl methyl sites for hydroxylation is 1. The number of hydrogen-bond acceptors (Lipinski definition) is 2. The maximum absolute atomic E-state index is 13.3. The van der Waals surface area contributed by atoms with Gasteiger partial charge in [0.1, 0.15) is 5.82 Å². The molecule has 2 nitrogen and oxygen atoms in total. The topological polar surface area (TPSA) is 21.3 Å². The highest BCUT2D eigenvalue weighted by molar-refractivity contribution is 5.30. The van der Waals surface area contributed by atoms with E-state index in [9.17, 15) is 4.39 Å². The quantitative estimate of drug-likeness (QED) is 0.849. The van der Waals surface area contributed by atoms with E-state index in [2.05, 4.69) is 5.32 Å². The van der Waals surface area contributed by atoms with Gasteiger partial charge >= 0.3 is 0 Å². The maximum atomic E-state index is 13.3. The van der Waals surface area contributed by atoms with Crippen LogP contribution in [-0.2, 0) is 4.74 Å². The standard InChI is InChI=1S/C13H18FNO/c1-9-3-4-11(14)7-12(9)13(15-2)10-5-6-16-8-10/h3-4,7,10,13,15H,5-6,8H2,1-2H3. The molecule has 0 aliphatic carbocycles. The molecule has 1 aliphatic heterocycles. The number of rotatable bonds is 3. The maximum Gasteiger partial charge on any atom is 0.123 e. The number of hydrogen-bond donors (Lipinski definition) is 1. The van der Waals surface area contributed by atoms with Crippen molar-refractivity contribution >= 4 is 0 Å². The summed E-state index contributed by atoms with van der Waals surface area (Å²) in [7, 11) is 1.92. The second-order valence-corrected chi connectivity index (χ2v) is 4.39. The summed E-state index contributed by atoms with van der Waals surface area (Å²) in [6, 6.07) is 5.18. The molecule has 1 N–H and O–H groups in total. The van der Waals surface area contributed by atoms with Gasteiger partial charge in [0, 0.05) is 18.6 Å². The lowest BCUT2D eigenvalue weighted by atomic mass is 9.90. The van der Waals surface area contributed by atoms with E-state index in [0.29, 0.717) is 5.92 Å². The summed E-state index contributed by atoms with van der Waals surface area (Å²) < 4.78 is 18.7. The fourth-order valence-electron chi connectivity index (χ4n) is 2.41. The van der Waals surface area contributed by atoms with Crippen LogP contribution in [0.2, 0.25) is 0 Å². The molecule has 0 aromatic heterocycles. The summed E-state index contributed by atoms with van der Waals surface area (Å²) in [5, 5.41) is 3.28. The molecule has 1 heterocycles. The third-order valence-electron chi connectivity index (χ3n) is 3.32. The molecule has 2 atom stereocenters. The first-order valence-corrected chi connectivity index (χ1v) is 5.73. The van der Waals surface area contributed by atoms with Crippen molar-refractivity contribution < 1.29 is 9.13 Å². The average molecular weight is 223 g/mol. The van der Waals surface area contributed by atoms with Gasteiger partial charge in [0.15, 0.2) is 0 Å². The molecule has 88 valence electrons. The lowest BCUT2D eigenvalue weighted by Crippen LogP contribution is -2.26. The minimum absolute atomic E-state index is 0.167. The van der Waals surface area contributed by atoms with Gasteiger partial charge in [0.05, 0.1) is 6.61 Å². The van der Waals surface area contributed by atoms with Crippen LogP contribution in [0.4, 0.5) is 4.39 Å². The molecule has 0 radical (unpaired) electrons. The van der Waals surface area contributed by atoms with Gasteiger partial charge in [0.2, 0.25) is 0 Å². The average Bonchev–Trinajstić information content (AvgIpc) is 2.78. The van der Waals surface area contributed by atoms with Gasteiger partial charge in [-0.05, 0) is 43.7 Å². The van der Waals surface area contributed by atoms with Gasteiger partial charge in [0.25, 0.3) is 0 Å². The highest BCUT2D eigenvalue weighted by Gasteiger charge is 2.26. The Balaban J connectivity index is 2.28. The van der Waals surface area contributed by atoms with Crippen molar-refractivity contribution in [1.82, 2.24) is 5.32 Å². The van der Waals surface area contributed by atoms with Gasteiger partial charge in [-0.3, -0.25) is 0 Å². The van der Waals surface area contributed by atoms with Gasteiger partial charge in [-0.25, -0.2) is 4.39 Å². The molecular formula is C13H18FNO. The SMILES string of the molecule is CNC(c1cc(F)ccc1C)C1CCOC1. The van der Waals surface area contributed by atoms with Crippen LogP contribution < -0.4 is 5.32 Å². The Labute approximate surface area is 95.8 Å². The van der Waals surface area contributed by atoms with E-state index in [1.165, 1.54) is 6.07 Å². The Morgan fingerprint density at radius 2 is 2.31 bits per heavy atom. The van der Waals surface area contributed by atoms with Crippen LogP contribution in [0.3, 0.4) is 0 Å². The van der Waals surface area contributed by atoms with Crippen LogP contribution in [0.1, 0.15) is 23.6 Å². The van der Waals surface area contributed by atoms with Crippen molar-refractivity contribution in [1.29, 1.82) is 0 Å². The summed E-state index contributed by atoms with van der Waals surface area (Å²) >= 11 is 0. The monoisotopic (exact) mass is 223 g/mol. The molecule has 0 saturated carbocycles. The molecule has 1 fully saturated rings. The van der Waals surface area contributed by atoms with Crippen LogP contribution in [0.5, 0.6) is 0 Å². The van der Waals surface area contributed by atoms with Crippen LogP contribution in [-0.4, -0.2) is 20.3 Å². The summed E-state index contributed by atoms with van der Waals surface area (Å²) in [4.78, 5) is 0. The van der Waals surface area contributed by atoms with Gasteiger partial charge in [-0.1, -0.05) is 6.07 Å². The summed E-state index contributed by atoms with van der Waals surface area (Å²) in [6.07, 6.45) is 1.04. The molecule has 1 aromatic rings. The van der Waals surface area contributed by atoms with E-state index in [1.54, 1.807) is 6.07 Å². The van der Waals surface area contributed by atoms with E-state index >= 15 is 0 Å². The van der Waals surface area contributed by atoms with Crippen LogP contribution in [0, 0.1) is 18.7 Å². The zero-order valence-electron chi connectivity index (χ0n) is 9.79. The zero-order valence-corrected chi connectivity index (χ0v) is 9.79. The van der Waals surface area contributed by atoms with Crippen molar-refractivity contribution in [2.75, 3.05) is 20.3 Å². The van der Waals surface area contributed by atoms with Crippen molar-refractivity contribution in [3.05, 3.63) is 35.1 Å². The molecule has 1 aliphatic rings. The molecule has 2 unspecified atom stereocenters. The van der Waals surface area contributed by atoms with Crippen LogP contribution in [0.25, 0.3) is 0 Å². The Morgan fingerprint density at radius 1 is 1.50 bits per heavy atom. The van der Waals surface area contributed by atoms with E-state index in [4.69, 9.17) is 4.74 Å². The first-order valence-electron chi connectivity index (χ1n) is 5.73. The van der Waals surface area contributed by atoms with E-state index in [1.807, 2.05) is 20.0 Å². The summed E-state index contributed by atoms with van der Waals surface area (Å²) in [6.45, 7) is 3.60.